The topological polar surface area (TPSA) is 64.7 Å². The highest BCUT2D eigenvalue weighted by atomic mass is 16.5. The molecule has 2 heterocycles. The molecule has 0 atom stereocenters. The van der Waals surface area contributed by atoms with Gasteiger partial charge in [0.2, 0.25) is 5.91 Å². The van der Waals surface area contributed by atoms with E-state index in [-0.39, 0.29) is 24.0 Å². The molecule has 1 aliphatic heterocycles. The van der Waals surface area contributed by atoms with Crippen LogP contribution in [0, 0.1) is 0 Å². The number of amides is 1. The van der Waals surface area contributed by atoms with Gasteiger partial charge in [-0.3, -0.25) is 9.36 Å². The number of carbonyl (C=O) groups excluding carboxylic acids is 1. The van der Waals surface area contributed by atoms with Crippen molar-refractivity contribution in [2.75, 3.05) is 26.3 Å². The molecule has 146 valence electrons. The Labute approximate surface area is 159 Å². The summed E-state index contributed by atoms with van der Waals surface area (Å²) in [6.07, 6.45) is 1.91. The highest BCUT2D eigenvalue weighted by Crippen LogP contribution is 2.27. The third-order valence-electron chi connectivity index (χ3n) is 5.24. The van der Waals surface area contributed by atoms with E-state index in [0.717, 1.165) is 24.1 Å². The molecule has 1 saturated heterocycles. The third kappa shape index (κ3) is 4.50. The van der Waals surface area contributed by atoms with E-state index in [1.807, 2.05) is 30.3 Å². The van der Waals surface area contributed by atoms with Crippen LogP contribution < -0.4 is 5.76 Å². The van der Waals surface area contributed by atoms with Crippen LogP contribution in [-0.4, -0.2) is 41.7 Å². The Hall–Kier alpha value is -2.34. The summed E-state index contributed by atoms with van der Waals surface area (Å²) in [5, 5.41) is 0. The van der Waals surface area contributed by atoms with Crippen molar-refractivity contribution in [3.05, 3.63) is 57.9 Å². The summed E-state index contributed by atoms with van der Waals surface area (Å²) in [7, 11) is 0. The van der Waals surface area contributed by atoms with Gasteiger partial charge < -0.3 is 14.1 Å². The summed E-state index contributed by atoms with van der Waals surface area (Å²) < 4.78 is 12.6. The van der Waals surface area contributed by atoms with Crippen molar-refractivity contribution in [1.29, 1.82) is 0 Å². The quantitative estimate of drug-likeness (QED) is 0.750. The number of oxazole rings is 1. The fourth-order valence-electron chi connectivity index (χ4n) is 3.69. The molecule has 0 unspecified atom stereocenters. The Morgan fingerprint density at radius 3 is 2.41 bits per heavy atom. The number of carbonyl (C=O) groups is 1. The van der Waals surface area contributed by atoms with Crippen molar-refractivity contribution in [2.45, 2.75) is 45.6 Å². The van der Waals surface area contributed by atoms with Crippen LogP contribution in [-0.2, 0) is 22.5 Å². The molecule has 1 aromatic carbocycles. The first-order chi connectivity index (χ1) is 13.1. The molecule has 0 radical (unpaired) electrons. The SMILES string of the molecule is CCC(CC)c1c(CC(=O)N2CCOCC2)oc(=O)n1Cc1ccccc1. The highest BCUT2D eigenvalue weighted by molar-refractivity contribution is 5.78. The third-order valence-corrected chi connectivity index (χ3v) is 5.24. The Morgan fingerprint density at radius 1 is 1.11 bits per heavy atom. The molecule has 1 amide bonds. The maximum Gasteiger partial charge on any atom is 0.419 e. The average Bonchev–Trinajstić information content (AvgIpc) is 2.99. The molecular formula is C21H28N2O4. The molecule has 6 heteroatoms. The van der Waals surface area contributed by atoms with Gasteiger partial charge in [0, 0.05) is 19.0 Å². The van der Waals surface area contributed by atoms with Gasteiger partial charge in [0.25, 0.3) is 0 Å². The second kappa shape index (κ2) is 9.04. The van der Waals surface area contributed by atoms with Gasteiger partial charge in [-0.25, -0.2) is 4.79 Å². The lowest BCUT2D eigenvalue weighted by molar-refractivity contribution is -0.134. The average molecular weight is 372 g/mol. The summed E-state index contributed by atoms with van der Waals surface area (Å²) in [4.78, 5) is 27.1. The van der Waals surface area contributed by atoms with Crippen molar-refractivity contribution < 1.29 is 13.9 Å². The minimum Gasteiger partial charge on any atom is -0.412 e. The van der Waals surface area contributed by atoms with Crippen molar-refractivity contribution in [2.24, 2.45) is 0 Å². The number of ether oxygens (including phenoxy) is 1. The lowest BCUT2D eigenvalue weighted by Gasteiger charge is -2.26. The minimum atomic E-state index is -0.384. The lowest BCUT2D eigenvalue weighted by atomic mass is 9.96. The summed E-state index contributed by atoms with van der Waals surface area (Å²) in [5.74, 6) is 0.311. The van der Waals surface area contributed by atoms with Gasteiger partial charge >= 0.3 is 5.76 Å². The Kier molecular flexibility index (Phi) is 6.50. The smallest absolute Gasteiger partial charge is 0.412 e. The second-order valence-corrected chi connectivity index (χ2v) is 6.93. The summed E-state index contributed by atoms with van der Waals surface area (Å²) in [6.45, 7) is 6.97. The van der Waals surface area contributed by atoms with Gasteiger partial charge in [-0.1, -0.05) is 44.2 Å². The number of benzene rings is 1. The zero-order chi connectivity index (χ0) is 19.2. The molecule has 0 saturated carbocycles. The molecule has 0 aliphatic carbocycles. The number of aromatic nitrogens is 1. The van der Waals surface area contributed by atoms with Crippen molar-refractivity contribution in [3.63, 3.8) is 0 Å². The summed E-state index contributed by atoms with van der Waals surface area (Å²) >= 11 is 0. The van der Waals surface area contributed by atoms with Crippen LogP contribution in [0.2, 0.25) is 0 Å². The molecular weight excluding hydrogens is 344 g/mol. The van der Waals surface area contributed by atoms with Crippen LogP contribution >= 0.6 is 0 Å². The Morgan fingerprint density at radius 2 is 1.78 bits per heavy atom. The standard InChI is InChI=1S/C21H28N2O4/c1-3-17(4-2)20-18(14-19(24)22-10-12-26-13-11-22)27-21(25)23(20)15-16-8-6-5-7-9-16/h5-9,17H,3-4,10-15H2,1-2H3. The van der Waals surface area contributed by atoms with E-state index in [1.54, 1.807) is 9.47 Å². The van der Waals surface area contributed by atoms with Crippen molar-refractivity contribution in [1.82, 2.24) is 9.47 Å². The first kappa shape index (κ1) is 19.4. The first-order valence-electron chi connectivity index (χ1n) is 9.75. The monoisotopic (exact) mass is 372 g/mol. The normalized spacial score (nSPS) is 14.7. The molecule has 1 fully saturated rings. The Bertz CT molecular complexity index is 799. The van der Waals surface area contributed by atoms with Gasteiger partial charge in [0.1, 0.15) is 5.76 Å². The van der Waals surface area contributed by atoms with Crippen molar-refractivity contribution in [3.8, 4) is 0 Å². The summed E-state index contributed by atoms with van der Waals surface area (Å²) in [5.41, 5.74) is 1.91. The van der Waals surface area contributed by atoms with Crippen LogP contribution in [0.1, 0.15) is 49.6 Å². The largest absolute Gasteiger partial charge is 0.419 e. The van der Waals surface area contributed by atoms with Gasteiger partial charge in [-0.05, 0) is 18.4 Å². The van der Waals surface area contributed by atoms with Crippen LogP contribution in [0.3, 0.4) is 0 Å². The van der Waals surface area contributed by atoms with E-state index < -0.39 is 0 Å². The minimum absolute atomic E-state index is 0.00822. The van der Waals surface area contributed by atoms with E-state index in [4.69, 9.17) is 9.15 Å². The molecule has 3 rings (SSSR count). The van der Waals surface area contributed by atoms with Gasteiger partial charge in [-0.2, -0.15) is 0 Å². The van der Waals surface area contributed by atoms with Gasteiger partial charge in [0.15, 0.2) is 0 Å². The lowest BCUT2D eigenvalue weighted by Crippen LogP contribution is -2.41. The van der Waals surface area contributed by atoms with Gasteiger partial charge in [0.05, 0.1) is 31.9 Å². The zero-order valence-electron chi connectivity index (χ0n) is 16.1. The van der Waals surface area contributed by atoms with E-state index in [9.17, 15) is 9.59 Å². The summed E-state index contributed by atoms with van der Waals surface area (Å²) in [6, 6.07) is 9.86. The molecule has 2 aromatic rings. The fraction of sp³-hybridized carbons (Fsp3) is 0.524. The molecule has 0 N–H and O–H groups in total. The molecule has 6 nitrogen and oxygen atoms in total. The molecule has 0 bridgehead atoms. The van der Waals surface area contributed by atoms with Crippen molar-refractivity contribution >= 4 is 5.91 Å². The molecule has 1 aliphatic rings. The maximum absolute atomic E-state index is 12.7. The zero-order valence-corrected chi connectivity index (χ0v) is 16.1. The number of nitrogens with zero attached hydrogens (tertiary/aromatic N) is 2. The van der Waals surface area contributed by atoms with Crippen LogP contribution in [0.25, 0.3) is 0 Å². The molecule has 27 heavy (non-hydrogen) atoms. The predicted octanol–water partition coefficient (Wildman–Crippen LogP) is 2.79. The molecule has 1 aromatic heterocycles. The maximum atomic E-state index is 12.7. The highest BCUT2D eigenvalue weighted by Gasteiger charge is 2.26. The second-order valence-electron chi connectivity index (χ2n) is 6.93. The van der Waals surface area contributed by atoms with E-state index in [0.29, 0.717) is 38.6 Å². The van der Waals surface area contributed by atoms with Gasteiger partial charge in [-0.15, -0.1) is 0 Å². The number of morpholine rings is 1. The number of hydrogen-bond donors (Lipinski definition) is 0. The predicted molar refractivity (Wildman–Crippen MR) is 103 cm³/mol. The number of hydrogen-bond acceptors (Lipinski definition) is 4. The fourth-order valence-corrected chi connectivity index (χ4v) is 3.69. The van der Waals surface area contributed by atoms with E-state index >= 15 is 0 Å². The van der Waals surface area contributed by atoms with Crippen LogP contribution in [0.15, 0.2) is 39.5 Å². The van der Waals surface area contributed by atoms with Crippen LogP contribution in [0.4, 0.5) is 0 Å². The number of rotatable bonds is 7. The van der Waals surface area contributed by atoms with E-state index in [2.05, 4.69) is 13.8 Å². The Balaban J connectivity index is 1.91. The molecule has 0 spiro atoms. The van der Waals surface area contributed by atoms with E-state index in [1.165, 1.54) is 0 Å². The van der Waals surface area contributed by atoms with Crippen LogP contribution in [0.5, 0.6) is 0 Å². The first-order valence-corrected chi connectivity index (χ1v) is 9.75.